The van der Waals surface area contributed by atoms with Crippen LogP contribution in [0, 0.1) is 0 Å². The van der Waals surface area contributed by atoms with Crippen molar-refractivity contribution in [1.29, 1.82) is 0 Å². The predicted octanol–water partition coefficient (Wildman–Crippen LogP) is 6.02. The molecule has 6 nitrogen and oxygen atoms in total. The third kappa shape index (κ3) is 6.00. The third-order valence-corrected chi connectivity index (χ3v) is 10.4. The molecule has 164 valence electrons. The van der Waals surface area contributed by atoms with Crippen LogP contribution >= 0.6 is 35.1 Å². The van der Waals surface area contributed by atoms with E-state index in [0.717, 1.165) is 16.9 Å². The summed E-state index contributed by atoms with van der Waals surface area (Å²) in [5.41, 5.74) is 1.80. The maximum atomic E-state index is 9.38. The van der Waals surface area contributed by atoms with Crippen molar-refractivity contribution in [3.8, 4) is 11.5 Å². The molecule has 0 spiro atoms. The molecule has 1 N–H and O–H groups in total. The number of benzene rings is 2. The van der Waals surface area contributed by atoms with Crippen molar-refractivity contribution in [2.45, 2.75) is 19.2 Å². The molecule has 1 heterocycles. The van der Waals surface area contributed by atoms with Crippen LogP contribution in [0.15, 0.2) is 58.7 Å². The van der Waals surface area contributed by atoms with E-state index in [1.54, 1.807) is 31.6 Å². The van der Waals surface area contributed by atoms with Gasteiger partial charge in [-0.15, -0.1) is 9.88 Å². The Morgan fingerprint density at radius 3 is 2.10 bits per heavy atom. The molecule has 31 heavy (non-hydrogen) atoms. The molecule has 0 aliphatic carbocycles. The van der Waals surface area contributed by atoms with E-state index in [-0.39, 0.29) is 11.1 Å². The molecule has 0 fully saturated rings. The van der Waals surface area contributed by atoms with Crippen molar-refractivity contribution < 1.29 is 9.84 Å². The fourth-order valence-electron chi connectivity index (χ4n) is 2.87. The standard InChI is InChI=1S/C20H22Cl2N4O2P2S/c1-15-20(2,29(15)25(3)23-13-16-5-9-18(27)10-6-16)28-19-11-7-17(8-12-19)14-24-26(4)30(21,22)31/h5-14H,1-4H3/p+1/b24-14+. The first-order chi connectivity index (χ1) is 14.5. The van der Waals surface area contributed by atoms with E-state index in [4.69, 9.17) is 39.0 Å². The summed E-state index contributed by atoms with van der Waals surface area (Å²) >= 11 is 16.9. The van der Waals surface area contributed by atoms with Crippen LogP contribution in [0.3, 0.4) is 0 Å². The lowest BCUT2D eigenvalue weighted by Crippen LogP contribution is -2.22. The normalized spacial score (nSPS) is 19.8. The highest BCUT2D eigenvalue weighted by atomic mass is 35.9. The fourth-order valence-corrected chi connectivity index (χ4v) is 5.78. The van der Waals surface area contributed by atoms with E-state index in [1.165, 1.54) is 10.1 Å². The molecule has 11 heteroatoms. The van der Waals surface area contributed by atoms with E-state index in [0.29, 0.717) is 0 Å². The van der Waals surface area contributed by atoms with Gasteiger partial charge < -0.3 is 9.84 Å². The number of aromatic hydroxyl groups is 1. The number of hydrogen-bond acceptors (Lipinski definition) is 6. The summed E-state index contributed by atoms with van der Waals surface area (Å²) in [6.45, 7) is 4.18. The molecule has 2 unspecified atom stereocenters. The van der Waals surface area contributed by atoms with Crippen molar-refractivity contribution in [2.75, 3.05) is 14.1 Å². The summed E-state index contributed by atoms with van der Waals surface area (Å²) in [5.74, 6) is 1.01. The van der Waals surface area contributed by atoms with Crippen LogP contribution < -0.4 is 4.74 Å². The lowest BCUT2D eigenvalue weighted by atomic mass is 10.2. The van der Waals surface area contributed by atoms with Gasteiger partial charge in [0.05, 0.1) is 19.5 Å². The van der Waals surface area contributed by atoms with E-state index in [2.05, 4.69) is 24.1 Å². The van der Waals surface area contributed by atoms with Gasteiger partial charge >= 0.3 is 5.34 Å². The van der Waals surface area contributed by atoms with Crippen LogP contribution in [-0.2, 0) is 11.8 Å². The largest absolute Gasteiger partial charge is 0.508 e. The number of hydrogen-bond donors (Lipinski definition) is 1. The number of phenolic OH excluding ortho intramolecular Hbond substituents is 1. The monoisotopic (exact) mass is 515 g/mol. The van der Waals surface area contributed by atoms with Crippen LogP contribution in [0.2, 0.25) is 0 Å². The predicted molar refractivity (Wildman–Crippen MR) is 138 cm³/mol. The Morgan fingerprint density at radius 2 is 1.55 bits per heavy atom. The first-order valence-corrected chi connectivity index (χ1v) is 15.1. The van der Waals surface area contributed by atoms with Crippen molar-refractivity contribution in [2.24, 2.45) is 10.2 Å². The minimum Gasteiger partial charge on any atom is -0.508 e. The van der Waals surface area contributed by atoms with Gasteiger partial charge in [-0.1, -0.05) is 0 Å². The first kappa shape index (κ1) is 24.0. The zero-order valence-electron chi connectivity index (χ0n) is 17.5. The molecule has 2 aromatic rings. The Kier molecular flexibility index (Phi) is 7.35. The number of nitrogens with zero attached hydrogens (tertiary/aromatic N) is 4. The Bertz CT molecular complexity index is 1090. The quantitative estimate of drug-likeness (QED) is 0.264. The fraction of sp³-hybridized carbons (Fsp3) is 0.250. The minimum absolute atomic E-state index is 0.236. The van der Waals surface area contributed by atoms with E-state index in [1.807, 2.05) is 48.2 Å². The summed E-state index contributed by atoms with van der Waals surface area (Å²) in [6.07, 6.45) is 3.44. The van der Waals surface area contributed by atoms with Crippen molar-refractivity contribution in [3.05, 3.63) is 59.7 Å². The topological polar surface area (TPSA) is 60.7 Å². The third-order valence-electron chi connectivity index (χ3n) is 4.81. The molecular weight excluding hydrogens is 493 g/mol. The Balaban J connectivity index is 1.62. The zero-order chi connectivity index (χ0) is 22.8. The number of halogens is 2. The maximum Gasteiger partial charge on any atom is 0.347 e. The second-order valence-electron chi connectivity index (χ2n) is 7.05. The highest BCUT2D eigenvalue weighted by Crippen LogP contribution is 2.61. The van der Waals surface area contributed by atoms with Gasteiger partial charge in [-0.2, -0.15) is 5.10 Å². The summed E-state index contributed by atoms with van der Waals surface area (Å²) in [6, 6.07) is 14.5. The molecule has 2 aromatic carbocycles. The minimum atomic E-state index is -2.61. The van der Waals surface area contributed by atoms with Crippen molar-refractivity contribution in [1.82, 2.24) is 9.56 Å². The van der Waals surface area contributed by atoms with Gasteiger partial charge in [-0.3, -0.25) is 0 Å². The molecule has 1 aliphatic rings. The van der Waals surface area contributed by atoms with Crippen LogP contribution in [0.1, 0.15) is 25.0 Å². The smallest absolute Gasteiger partial charge is 0.347 e. The highest BCUT2D eigenvalue weighted by molar-refractivity contribution is 8.37. The molecule has 2 atom stereocenters. The second-order valence-corrected chi connectivity index (χ2v) is 17.5. The Morgan fingerprint density at radius 1 is 1.03 bits per heavy atom. The van der Waals surface area contributed by atoms with Crippen LogP contribution in [0.25, 0.3) is 0 Å². The molecule has 1 aliphatic heterocycles. The van der Waals surface area contributed by atoms with Gasteiger partial charge in [0.1, 0.15) is 11.5 Å². The number of hydrazone groups is 2. The van der Waals surface area contributed by atoms with Gasteiger partial charge in [0.15, 0.2) is 0 Å². The Labute approximate surface area is 198 Å². The summed E-state index contributed by atoms with van der Waals surface area (Å²) < 4.78 is 9.66. The molecule has 0 radical (unpaired) electrons. The number of rotatable bonds is 8. The summed E-state index contributed by atoms with van der Waals surface area (Å²) in [7, 11) is 2.94. The van der Waals surface area contributed by atoms with Gasteiger partial charge in [-0.25, -0.2) is 4.78 Å². The molecule has 0 aromatic heterocycles. The molecule has 0 saturated heterocycles. The highest BCUT2D eigenvalue weighted by Gasteiger charge is 2.68. The Hall–Kier alpha value is -1.62. The molecule has 0 bridgehead atoms. The van der Waals surface area contributed by atoms with Gasteiger partial charge in [-0.05, 0) is 93.9 Å². The maximum absolute atomic E-state index is 9.38. The van der Waals surface area contributed by atoms with Crippen molar-refractivity contribution in [3.63, 3.8) is 0 Å². The average Bonchev–Trinajstić information content (AvgIpc) is 3.25. The number of ether oxygens (including phenoxy) is 1. The second kappa shape index (κ2) is 9.48. The van der Waals surface area contributed by atoms with Gasteiger partial charge in [0, 0.05) is 20.9 Å². The zero-order valence-corrected chi connectivity index (χ0v) is 21.6. The molecule has 3 rings (SSSR count). The van der Waals surface area contributed by atoms with E-state index in [9.17, 15) is 5.11 Å². The first-order valence-electron chi connectivity index (χ1n) is 9.28. The van der Waals surface area contributed by atoms with Crippen molar-refractivity contribution >= 4 is 64.6 Å². The van der Waals surface area contributed by atoms with E-state index >= 15 is 0 Å². The molecule has 0 saturated carbocycles. The SMILES string of the molecule is CC1=[P+](N(C)/N=C/c2ccc(O)cc2)C1(C)Oc1ccc(/C=N/N(C)P(=S)(Cl)Cl)cc1. The van der Waals surface area contributed by atoms with E-state index < -0.39 is 12.6 Å². The van der Waals surface area contributed by atoms with Gasteiger partial charge in [0.25, 0.3) is 7.70 Å². The lowest BCUT2D eigenvalue weighted by Gasteiger charge is -2.16. The van der Waals surface area contributed by atoms with Crippen LogP contribution in [0.5, 0.6) is 11.5 Å². The van der Waals surface area contributed by atoms with Gasteiger partial charge in [0.2, 0.25) is 10.2 Å². The number of phenols is 1. The molecule has 0 amide bonds. The van der Waals surface area contributed by atoms with Crippen LogP contribution in [0.4, 0.5) is 0 Å². The average molecular weight is 516 g/mol. The summed E-state index contributed by atoms with van der Waals surface area (Å²) in [5, 5.41) is 19.0. The lowest BCUT2D eigenvalue weighted by molar-refractivity contribution is 0.260. The molecular formula is C20H23Cl2N4O2P2S+. The summed E-state index contributed by atoms with van der Waals surface area (Å²) in [4.78, 5) is -2.61. The van der Waals surface area contributed by atoms with Crippen LogP contribution in [-0.4, -0.2) is 51.8 Å².